The topological polar surface area (TPSA) is 130 Å². The normalized spacial score (nSPS) is 16.6. The quantitative estimate of drug-likeness (QED) is 0.612. The molecule has 1 aliphatic rings. The standard InChI is InChI=1S/C18H18N8/c19-9-11-6-13(21)8-14(7-11)23-18-24-15-2-1-4-22-16(15)17(25-18)26-5-3-12(20)10-26/h1-2,4,6-8,12H,3,5,10,20-21H2,(H,23,24,25)/t12-/m0/s1. The van der Waals surface area contributed by atoms with Crippen LogP contribution in [0, 0.1) is 11.3 Å². The molecule has 130 valence electrons. The Morgan fingerprint density at radius 3 is 2.92 bits per heavy atom. The lowest BCUT2D eigenvalue weighted by molar-refractivity contribution is 0.751. The Hall–Kier alpha value is -3.44. The van der Waals surface area contributed by atoms with Crippen molar-refractivity contribution in [1.82, 2.24) is 15.0 Å². The number of aromatic nitrogens is 3. The van der Waals surface area contributed by atoms with Crippen LogP contribution < -0.4 is 21.7 Å². The zero-order chi connectivity index (χ0) is 18.1. The lowest BCUT2D eigenvalue weighted by Gasteiger charge is -2.19. The summed E-state index contributed by atoms with van der Waals surface area (Å²) < 4.78 is 0. The Balaban J connectivity index is 1.76. The van der Waals surface area contributed by atoms with Crippen molar-refractivity contribution >= 4 is 34.2 Å². The van der Waals surface area contributed by atoms with E-state index in [9.17, 15) is 0 Å². The van der Waals surface area contributed by atoms with Crippen molar-refractivity contribution in [3.63, 3.8) is 0 Å². The Labute approximate surface area is 150 Å². The molecule has 3 heterocycles. The lowest BCUT2D eigenvalue weighted by atomic mass is 10.2. The van der Waals surface area contributed by atoms with E-state index in [4.69, 9.17) is 16.7 Å². The Morgan fingerprint density at radius 2 is 2.15 bits per heavy atom. The first-order chi connectivity index (χ1) is 12.6. The van der Waals surface area contributed by atoms with Crippen molar-refractivity contribution < 1.29 is 0 Å². The highest BCUT2D eigenvalue weighted by Gasteiger charge is 2.23. The van der Waals surface area contributed by atoms with Crippen LogP contribution in [0.3, 0.4) is 0 Å². The zero-order valence-corrected chi connectivity index (χ0v) is 14.1. The first-order valence-electron chi connectivity index (χ1n) is 8.33. The number of anilines is 4. The van der Waals surface area contributed by atoms with E-state index in [1.165, 1.54) is 0 Å². The van der Waals surface area contributed by atoms with E-state index in [0.717, 1.165) is 36.4 Å². The number of hydrogen-bond donors (Lipinski definition) is 3. The molecule has 8 nitrogen and oxygen atoms in total. The maximum atomic E-state index is 9.12. The third kappa shape index (κ3) is 3.08. The molecule has 0 bridgehead atoms. The average molecular weight is 346 g/mol. The van der Waals surface area contributed by atoms with Crippen LogP contribution >= 0.6 is 0 Å². The van der Waals surface area contributed by atoms with Crippen molar-refractivity contribution in [2.24, 2.45) is 5.73 Å². The fourth-order valence-electron chi connectivity index (χ4n) is 3.13. The highest BCUT2D eigenvalue weighted by atomic mass is 15.3. The largest absolute Gasteiger partial charge is 0.399 e. The van der Waals surface area contributed by atoms with Gasteiger partial charge in [-0.1, -0.05) is 0 Å². The summed E-state index contributed by atoms with van der Waals surface area (Å²) in [6.45, 7) is 1.57. The minimum absolute atomic E-state index is 0.132. The van der Waals surface area contributed by atoms with Crippen LogP contribution in [-0.2, 0) is 0 Å². The van der Waals surface area contributed by atoms with Gasteiger partial charge in [0, 0.05) is 36.7 Å². The van der Waals surface area contributed by atoms with Crippen LogP contribution in [0.1, 0.15) is 12.0 Å². The van der Waals surface area contributed by atoms with Gasteiger partial charge in [0.1, 0.15) is 5.52 Å². The summed E-state index contributed by atoms with van der Waals surface area (Å²) in [7, 11) is 0. The van der Waals surface area contributed by atoms with Crippen molar-refractivity contribution in [3.8, 4) is 6.07 Å². The van der Waals surface area contributed by atoms with E-state index in [1.54, 1.807) is 24.4 Å². The van der Waals surface area contributed by atoms with Gasteiger partial charge in [-0.05, 0) is 36.8 Å². The number of pyridine rings is 1. The second-order valence-electron chi connectivity index (χ2n) is 6.32. The minimum Gasteiger partial charge on any atom is -0.399 e. The Bertz CT molecular complexity index is 1010. The number of fused-ring (bicyclic) bond motifs is 1. The molecule has 8 heteroatoms. The first kappa shape index (κ1) is 16.1. The summed E-state index contributed by atoms with van der Waals surface area (Å²) in [5, 5.41) is 12.3. The summed E-state index contributed by atoms with van der Waals surface area (Å²) in [5.74, 6) is 1.19. The summed E-state index contributed by atoms with van der Waals surface area (Å²) in [6, 6.07) is 11.0. The minimum atomic E-state index is 0.132. The molecule has 1 atom stereocenters. The molecule has 26 heavy (non-hydrogen) atoms. The molecule has 0 aliphatic carbocycles. The first-order valence-corrected chi connectivity index (χ1v) is 8.33. The molecule has 1 saturated heterocycles. The molecule has 3 aromatic rings. The Kier molecular flexibility index (Phi) is 3.99. The number of hydrogen-bond acceptors (Lipinski definition) is 8. The molecule has 4 rings (SSSR count). The molecule has 1 aromatic carbocycles. The SMILES string of the molecule is N#Cc1cc(N)cc(Nc2nc(N3CC[C@H](N)C3)c3ncccc3n2)c1. The number of nitrogens with one attached hydrogen (secondary N) is 1. The highest BCUT2D eigenvalue weighted by Crippen LogP contribution is 2.27. The van der Waals surface area contributed by atoms with Gasteiger partial charge in [0.15, 0.2) is 5.82 Å². The molecule has 0 amide bonds. The third-order valence-corrected chi connectivity index (χ3v) is 4.30. The third-order valence-electron chi connectivity index (χ3n) is 4.30. The van der Waals surface area contributed by atoms with Gasteiger partial charge in [0.2, 0.25) is 5.95 Å². The van der Waals surface area contributed by atoms with Crippen molar-refractivity contribution in [1.29, 1.82) is 5.26 Å². The van der Waals surface area contributed by atoms with E-state index in [-0.39, 0.29) is 6.04 Å². The van der Waals surface area contributed by atoms with Gasteiger partial charge < -0.3 is 21.7 Å². The molecular weight excluding hydrogens is 328 g/mol. The number of rotatable bonds is 3. The molecule has 0 unspecified atom stereocenters. The highest BCUT2D eigenvalue weighted by molar-refractivity contribution is 5.87. The second kappa shape index (κ2) is 6.46. The van der Waals surface area contributed by atoms with Gasteiger partial charge in [-0.2, -0.15) is 10.2 Å². The Morgan fingerprint density at radius 1 is 1.27 bits per heavy atom. The molecular formula is C18H18N8. The van der Waals surface area contributed by atoms with Crippen LogP contribution in [0.25, 0.3) is 11.0 Å². The van der Waals surface area contributed by atoms with E-state index in [1.807, 2.05) is 12.1 Å². The smallest absolute Gasteiger partial charge is 0.229 e. The van der Waals surface area contributed by atoms with E-state index < -0.39 is 0 Å². The number of nitrogens with zero attached hydrogens (tertiary/aromatic N) is 5. The van der Waals surface area contributed by atoms with Gasteiger partial charge in [0.05, 0.1) is 17.1 Å². The number of nitriles is 1. The molecule has 0 radical (unpaired) electrons. The number of nitrogens with two attached hydrogens (primary N) is 2. The van der Waals surface area contributed by atoms with Crippen LogP contribution in [0.15, 0.2) is 36.5 Å². The van der Waals surface area contributed by atoms with Crippen molar-refractivity contribution in [2.75, 3.05) is 29.0 Å². The molecule has 1 fully saturated rings. The average Bonchev–Trinajstić information content (AvgIpc) is 3.06. The van der Waals surface area contributed by atoms with Gasteiger partial charge in [-0.25, -0.2) is 4.98 Å². The monoisotopic (exact) mass is 346 g/mol. The fourth-order valence-corrected chi connectivity index (χ4v) is 3.13. The number of nitrogen functional groups attached to an aromatic ring is 1. The molecule has 1 aliphatic heterocycles. The molecule has 5 N–H and O–H groups in total. The predicted octanol–water partition coefficient (Wildman–Crippen LogP) is 1.76. The predicted molar refractivity (Wildman–Crippen MR) is 101 cm³/mol. The van der Waals surface area contributed by atoms with Crippen LogP contribution in [0.5, 0.6) is 0 Å². The van der Waals surface area contributed by atoms with E-state index >= 15 is 0 Å². The van der Waals surface area contributed by atoms with Crippen molar-refractivity contribution in [2.45, 2.75) is 12.5 Å². The van der Waals surface area contributed by atoms with E-state index in [0.29, 0.717) is 22.9 Å². The molecule has 0 saturated carbocycles. The van der Waals surface area contributed by atoms with Gasteiger partial charge in [-0.3, -0.25) is 4.98 Å². The second-order valence-corrected chi connectivity index (χ2v) is 6.32. The van der Waals surface area contributed by atoms with Crippen LogP contribution in [0.2, 0.25) is 0 Å². The summed E-state index contributed by atoms with van der Waals surface area (Å²) >= 11 is 0. The van der Waals surface area contributed by atoms with Crippen LogP contribution in [0.4, 0.5) is 23.1 Å². The summed E-state index contributed by atoms with van der Waals surface area (Å²) in [5.41, 5.74) is 15.0. The van der Waals surface area contributed by atoms with Gasteiger partial charge in [0.25, 0.3) is 0 Å². The summed E-state index contributed by atoms with van der Waals surface area (Å²) in [6.07, 6.45) is 2.65. The van der Waals surface area contributed by atoms with Crippen molar-refractivity contribution in [3.05, 3.63) is 42.1 Å². The van der Waals surface area contributed by atoms with E-state index in [2.05, 4.69) is 31.2 Å². The number of benzene rings is 1. The molecule has 2 aromatic heterocycles. The van der Waals surface area contributed by atoms with Gasteiger partial charge in [-0.15, -0.1) is 0 Å². The molecule has 0 spiro atoms. The van der Waals surface area contributed by atoms with Crippen LogP contribution in [-0.4, -0.2) is 34.1 Å². The maximum absolute atomic E-state index is 9.12. The fraction of sp³-hybridized carbons (Fsp3) is 0.222. The lowest BCUT2D eigenvalue weighted by Crippen LogP contribution is -2.27. The summed E-state index contributed by atoms with van der Waals surface area (Å²) in [4.78, 5) is 15.8. The van der Waals surface area contributed by atoms with Gasteiger partial charge >= 0.3 is 0 Å². The zero-order valence-electron chi connectivity index (χ0n) is 14.1. The maximum Gasteiger partial charge on any atom is 0.229 e.